The summed E-state index contributed by atoms with van der Waals surface area (Å²) in [5.41, 5.74) is 0.0604. The number of anilines is 1. The molecule has 9 heteroatoms. The topological polar surface area (TPSA) is 52.6 Å². The molecule has 29 heavy (non-hydrogen) atoms. The number of fused-ring (bicyclic) bond motifs is 1. The first-order valence-electron chi connectivity index (χ1n) is 9.72. The van der Waals surface area contributed by atoms with E-state index in [0.717, 1.165) is 11.9 Å². The number of carbonyl (C=O) groups is 1. The summed E-state index contributed by atoms with van der Waals surface area (Å²) in [4.78, 5) is 23.9. The molecule has 4 heterocycles. The van der Waals surface area contributed by atoms with Crippen LogP contribution < -0.4 is 4.90 Å². The van der Waals surface area contributed by atoms with Crippen LogP contribution in [0, 0.1) is 17.0 Å². The lowest BCUT2D eigenvalue weighted by Gasteiger charge is -2.38. The van der Waals surface area contributed by atoms with Crippen LogP contribution in [0.1, 0.15) is 30.9 Å². The van der Waals surface area contributed by atoms with Crippen molar-refractivity contribution in [3.05, 3.63) is 52.9 Å². The lowest BCUT2D eigenvalue weighted by atomic mass is 9.77. The lowest BCUT2D eigenvalue weighted by Crippen LogP contribution is -2.46. The second-order valence-electron chi connectivity index (χ2n) is 8.01. The zero-order chi connectivity index (χ0) is 20.2. The molecule has 2 aromatic rings. The average Bonchev–Trinajstić information content (AvgIpc) is 3.21. The number of piperidine rings is 1. The number of hydrogen-bond acceptors (Lipinski definition) is 5. The molecular weight excluding hydrogens is 400 g/mol. The Bertz CT molecular complexity index is 928. The molecule has 0 unspecified atom stereocenters. The van der Waals surface area contributed by atoms with Crippen LogP contribution in [0.15, 0.2) is 30.6 Å². The number of benzene rings is 1. The van der Waals surface area contributed by atoms with Gasteiger partial charge in [-0.05, 0) is 37.0 Å². The van der Waals surface area contributed by atoms with Crippen molar-refractivity contribution in [3.63, 3.8) is 0 Å². The van der Waals surface area contributed by atoms with Gasteiger partial charge < -0.3 is 4.90 Å². The fourth-order valence-corrected chi connectivity index (χ4v) is 4.96. The maximum Gasteiger partial charge on any atom is 0.245 e. The Balaban J connectivity index is 1.34. The van der Waals surface area contributed by atoms with Gasteiger partial charge in [-0.3, -0.25) is 9.80 Å². The Morgan fingerprint density at radius 2 is 1.76 bits per heavy atom. The number of hydrazine groups is 1. The molecule has 3 saturated heterocycles. The van der Waals surface area contributed by atoms with Gasteiger partial charge in [0.2, 0.25) is 5.91 Å². The molecule has 3 fully saturated rings. The molecule has 152 valence electrons. The van der Waals surface area contributed by atoms with Gasteiger partial charge in [0.05, 0.1) is 23.9 Å². The van der Waals surface area contributed by atoms with Crippen molar-refractivity contribution < 1.29 is 13.6 Å². The van der Waals surface area contributed by atoms with E-state index in [1.807, 2.05) is 5.01 Å². The monoisotopic (exact) mass is 419 g/mol. The van der Waals surface area contributed by atoms with Crippen molar-refractivity contribution >= 4 is 23.3 Å². The summed E-state index contributed by atoms with van der Waals surface area (Å²) in [6.07, 6.45) is 5.25. The minimum atomic E-state index is -0.614. The SMILES string of the molecule is O=C1N2[C@H](c3cc(F)cc(F)c3)CCN2CC12CCN(c1cnc(Cl)cn1)CC2. The Hall–Kier alpha value is -2.32. The molecule has 1 spiro atoms. The van der Waals surface area contributed by atoms with E-state index >= 15 is 0 Å². The standard InChI is InChI=1S/C20H20ClF2N5O/c21-17-10-25-18(11-24-17)26-5-2-20(3-6-26)12-27-4-1-16(28(27)19(20)29)13-7-14(22)9-15(23)8-13/h7-11,16H,1-6,12H2/t16-/m0/s1. The Morgan fingerprint density at radius 3 is 2.41 bits per heavy atom. The fourth-order valence-electron chi connectivity index (χ4n) is 4.86. The number of nitrogens with zero attached hydrogens (tertiary/aromatic N) is 5. The first-order chi connectivity index (χ1) is 13.9. The summed E-state index contributed by atoms with van der Waals surface area (Å²) in [7, 11) is 0. The normalized spacial score (nSPS) is 23.8. The average molecular weight is 420 g/mol. The molecule has 3 aliphatic heterocycles. The summed E-state index contributed by atoms with van der Waals surface area (Å²) >= 11 is 5.81. The van der Waals surface area contributed by atoms with Gasteiger partial charge in [0.1, 0.15) is 22.6 Å². The van der Waals surface area contributed by atoms with E-state index in [9.17, 15) is 13.6 Å². The van der Waals surface area contributed by atoms with E-state index in [-0.39, 0.29) is 11.9 Å². The third kappa shape index (κ3) is 3.14. The smallest absolute Gasteiger partial charge is 0.245 e. The minimum Gasteiger partial charge on any atom is -0.355 e. The highest BCUT2D eigenvalue weighted by molar-refractivity contribution is 6.29. The Morgan fingerprint density at radius 1 is 1.03 bits per heavy atom. The van der Waals surface area contributed by atoms with E-state index in [1.54, 1.807) is 11.2 Å². The van der Waals surface area contributed by atoms with Crippen LogP contribution in [0.3, 0.4) is 0 Å². The molecule has 1 atom stereocenters. The van der Waals surface area contributed by atoms with Crippen LogP contribution in [0.2, 0.25) is 5.15 Å². The summed E-state index contributed by atoms with van der Waals surface area (Å²) in [6, 6.07) is 3.21. The third-order valence-electron chi connectivity index (χ3n) is 6.33. The molecule has 1 amide bonds. The molecule has 1 aromatic carbocycles. The van der Waals surface area contributed by atoms with Crippen molar-refractivity contribution in [3.8, 4) is 0 Å². The molecule has 0 bridgehead atoms. The molecule has 1 aromatic heterocycles. The zero-order valence-electron chi connectivity index (χ0n) is 15.7. The number of carbonyl (C=O) groups excluding carboxylic acids is 1. The molecule has 3 aliphatic rings. The summed E-state index contributed by atoms with van der Waals surface area (Å²) in [5.74, 6) is -0.412. The number of amides is 1. The van der Waals surface area contributed by atoms with Crippen LogP contribution in [-0.2, 0) is 4.79 Å². The van der Waals surface area contributed by atoms with Gasteiger partial charge in [-0.15, -0.1) is 0 Å². The highest BCUT2D eigenvalue weighted by atomic mass is 35.5. The summed E-state index contributed by atoms with van der Waals surface area (Å²) in [6.45, 7) is 2.76. The second kappa shape index (κ2) is 6.88. The van der Waals surface area contributed by atoms with Crippen LogP contribution in [0.4, 0.5) is 14.6 Å². The van der Waals surface area contributed by atoms with Gasteiger partial charge in [-0.2, -0.15) is 0 Å². The van der Waals surface area contributed by atoms with Crippen LogP contribution >= 0.6 is 11.6 Å². The van der Waals surface area contributed by atoms with Gasteiger partial charge >= 0.3 is 0 Å². The zero-order valence-corrected chi connectivity index (χ0v) is 16.4. The quantitative estimate of drug-likeness (QED) is 0.748. The van der Waals surface area contributed by atoms with E-state index in [2.05, 4.69) is 14.9 Å². The number of hydrogen-bond donors (Lipinski definition) is 0. The largest absolute Gasteiger partial charge is 0.355 e. The molecule has 0 aliphatic carbocycles. The van der Waals surface area contributed by atoms with Crippen LogP contribution in [0.25, 0.3) is 0 Å². The highest BCUT2D eigenvalue weighted by Crippen LogP contribution is 2.47. The predicted molar refractivity (Wildman–Crippen MR) is 103 cm³/mol. The fraction of sp³-hybridized carbons (Fsp3) is 0.450. The number of aromatic nitrogens is 2. The van der Waals surface area contributed by atoms with Gasteiger partial charge in [0.25, 0.3) is 0 Å². The van der Waals surface area contributed by atoms with Crippen LogP contribution in [-0.4, -0.2) is 52.1 Å². The molecule has 0 saturated carbocycles. The van der Waals surface area contributed by atoms with E-state index in [0.29, 0.717) is 56.2 Å². The summed E-state index contributed by atoms with van der Waals surface area (Å²) in [5, 5.41) is 4.14. The van der Waals surface area contributed by atoms with Crippen molar-refractivity contribution in [2.45, 2.75) is 25.3 Å². The van der Waals surface area contributed by atoms with Crippen molar-refractivity contribution in [1.29, 1.82) is 0 Å². The van der Waals surface area contributed by atoms with E-state index in [1.165, 1.54) is 18.3 Å². The molecule has 0 radical (unpaired) electrons. The van der Waals surface area contributed by atoms with Crippen molar-refractivity contribution in [1.82, 2.24) is 20.0 Å². The minimum absolute atomic E-state index is 0.0616. The molecule has 0 N–H and O–H groups in total. The highest BCUT2D eigenvalue weighted by Gasteiger charge is 2.56. The predicted octanol–water partition coefficient (Wildman–Crippen LogP) is 3.20. The maximum atomic E-state index is 13.7. The Kier molecular flexibility index (Phi) is 4.43. The molecular formula is C20H20ClF2N5O. The Labute approximate surface area is 172 Å². The van der Waals surface area contributed by atoms with Gasteiger partial charge in [-0.25, -0.2) is 23.8 Å². The molecule has 6 nitrogen and oxygen atoms in total. The first-order valence-corrected chi connectivity index (χ1v) is 10.1. The first kappa shape index (κ1) is 18.7. The van der Waals surface area contributed by atoms with Gasteiger partial charge in [0.15, 0.2) is 0 Å². The van der Waals surface area contributed by atoms with E-state index < -0.39 is 17.0 Å². The van der Waals surface area contributed by atoms with Crippen molar-refractivity contribution in [2.24, 2.45) is 5.41 Å². The van der Waals surface area contributed by atoms with Crippen molar-refractivity contribution in [2.75, 3.05) is 31.1 Å². The maximum absolute atomic E-state index is 13.7. The third-order valence-corrected chi connectivity index (χ3v) is 6.52. The number of rotatable bonds is 2. The molecule has 5 rings (SSSR count). The lowest BCUT2D eigenvalue weighted by molar-refractivity contribution is -0.143. The van der Waals surface area contributed by atoms with Gasteiger partial charge in [0, 0.05) is 32.2 Å². The van der Waals surface area contributed by atoms with E-state index in [4.69, 9.17) is 11.6 Å². The number of halogens is 3. The second-order valence-corrected chi connectivity index (χ2v) is 8.40. The van der Waals surface area contributed by atoms with Gasteiger partial charge in [-0.1, -0.05) is 11.6 Å². The summed E-state index contributed by atoms with van der Waals surface area (Å²) < 4.78 is 27.4. The van der Waals surface area contributed by atoms with Crippen LogP contribution in [0.5, 0.6) is 0 Å².